The first-order valence-electron chi connectivity index (χ1n) is 7.47. The van der Waals surface area contributed by atoms with E-state index < -0.39 is 0 Å². The molecule has 0 aliphatic carbocycles. The summed E-state index contributed by atoms with van der Waals surface area (Å²) >= 11 is 0. The van der Waals surface area contributed by atoms with Crippen LogP contribution in [0.2, 0.25) is 0 Å². The van der Waals surface area contributed by atoms with Crippen LogP contribution in [0.1, 0.15) is 32.6 Å². The zero-order valence-corrected chi connectivity index (χ0v) is 11.9. The minimum Gasteiger partial charge on any atom is -0.341 e. The summed E-state index contributed by atoms with van der Waals surface area (Å²) in [5, 5.41) is 3.30. The number of nitrogens with one attached hydrogen (secondary N) is 1. The highest BCUT2D eigenvalue weighted by atomic mass is 16.2. The molecular weight excluding hydrogens is 242 g/mol. The Bertz CT molecular complexity index is 327. The number of hydrogen-bond acceptors (Lipinski definition) is 3. The van der Waals surface area contributed by atoms with Gasteiger partial charge in [0.25, 0.3) is 0 Å². The fourth-order valence-corrected chi connectivity index (χ4v) is 2.90. The summed E-state index contributed by atoms with van der Waals surface area (Å²) in [7, 11) is 0. The Labute approximate surface area is 115 Å². The molecule has 2 aliphatic heterocycles. The molecule has 2 amide bonds. The highest BCUT2D eigenvalue weighted by Crippen LogP contribution is 2.15. The number of nitrogens with zero attached hydrogens (tertiary/aromatic N) is 2. The third-order valence-electron chi connectivity index (χ3n) is 4.13. The Kier molecular flexibility index (Phi) is 5.19. The minimum atomic E-state index is 0.203. The molecule has 1 N–H and O–H groups in total. The maximum absolute atomic E-state index is 12.2. The number of hydrogen-bond donors (Lipinski definition) is 1. The fourth-order valence-electron chi connectivity index (χ4n) is 2.90. The van der Waals surface area contributed by atoms with E-state index in [4.69, 9.17) is 0 Å². The standard InChI is InChI=1S/C14H25N3O2/c1-2-13(18)16-6-3-7-17(9-8-16)14(19)10-12-4-5-15-11-12/h12,15H,2-11H2,1H3. The third-order valence-corrected chi connectivity index (χ3v) is 4.13. The smallest absolute Gasteiger partial charge is 0.222 e. The first kappa shape index (κ1) is 14.3. The van der Waals surface area contributed by atoms with Gasteiger partial charge in [0.2, 0.25) is 11.8 Å². The largest absolute Gasteiger partial charge is 0.341 e. The molecule has 5 nitrogen and oxygen atoms in total. The summed E-state index contributed by atoms with van der Waals surface area (Å²) in [5.74, 6) is 0.970. The van der Waals surface area contributed by atoms with Crippen LogP contribution in [0.5, 0.6) is 0 Å². The van der Waals surface area contributed by atoms with Gasteiger partial charge in [-0.1, -0.05) is 6.92 Å². The first-order valence-corrected chi connectivity index (χ1v) is 7.47. The van der Waals surface area contributed by atoms with E-state index in [0.29, 0.717) is 31.8 Å². The fraction of sp³-hybridized carbons (Fsp3) is 0.857. The number of rotatable bonds is 3. The minimum absolute atomic E-state index is 0.203. The Balaban J connectivity index is 1.81. The molecule has 0 radical (unpaired) electrons. The van der Waals surface area contributed by atoms with Gasteiger partial charge >= 0.3 is 0 Å². The quantitative estimate of drug-likeness (QED) is 0.808. The maximum atomic E-state index is 12.2. The maximum Gasteiger partial charge on any atom is 0.222 e. The number of amides is 2. The van der Waals surface area contributed by atoms with E-state index in [2.05, 4.69) is 5.32 Å². The monoisotopic (exact) mass is 267 g/mol. The first-order chi connectivity index (χ1) is 9.20. The molecule has 2 fully saturated rings. The molecule has 2 heterocycles. The van der Waals surface area contributed by atoms with Crippen LogP contribution in [0.25, 0.3) is 0 Å². The molecule has 2 aliphatic rings. The highest BCUT2D eigenvalue weighted by molar-refractivity contribution is 5.77. The lowest BCUT2D eigenvalue weighted by Gasteiger charge is -2.23. The van der Waals surface area contributed by atoms with Crippen LogP contribution in [-0.2, 0) is 9.59 Å². The topological polar surface area (TPSA) is 52.7 Å². The van der Waals surface area contributed by atoms with Crippen LogP contribution in [0.4, 0.5) is 0 Å². The Morgan fingerprint density at radius 2 is 1.79 bits per heavy atom. The van der Waals surface area contributed by atoms with Gasteiger partial charge < -0.3 is 15.1 Å². The van der Waals surface area contributed by atoms with E-state index in [0.717, 1.165) is 39.0 Å². The van der Waals surface area contributed by atoms with Crippen molar-refractivity contribution in [2.75, 3.05) is 39.3 Å². The highest BCUT2D eigenvalue weighted by Gasteiger charge is 2.24. The summed E-state index contributed by atoms with van der Waals surface area (Å²) in [6.45, 7) is 6.89. The van der Waals surface area contributed by atoms with Crippen LogP contribution in [0, 0.1) is 5.92 Å². The average Bonchev–Trinajstić information content (AvgIpc) is 2.79. The second-order valence-electron chi connectivity index (χ2n) is 5.53. The van der Waals surface area contributed by atoms with Crippen molar-refractivity contribution in [1.82, 2.24) is 15.1 Å². The van der Waals surface area contributed by atoms with Crippen LogP contribution < -0.4 is 5.32 Å². The van der Waals surface area contributed by atoms with Gasteiger partial charge in [0.1, 0.15) is 0 Å². The molecule has 0 aromatic rings. The van der Waals surface area contributed by atoms with Crippen molar-refractivity contribution in [3.8, 4) is 0 Å². The third kappa shape index (κ3) is 3.93. The van der Waals surface area contributed by atoms with Gasteiger partial charge in [-0.25, -0.2) is 0 Å². The van der Waals surface area contributed by atoms with Gasteiger partial charge in [-0.3, -0.25) is 9.59 Å². The van der Waals surface area contributed by atoms with E-state index in [1.54, 1.807) is 0 Å². The van der Waals surface area contributed by atoms with E-state index >= 15 is 0 Å². The molecule has 0 saturated carbocycles. The van der Waals surface area contributed by atoms with Crippen LogP contribution in [-0.4, -0.2) is 60.9 Å². The Hall–Kier alpha value is -1.10. The predicted octanol–water partition coefficient (Wildman–Crippen LogP) is 0.457. The molecule has 2 saturated heterocycles. The van der Waals surface area contributed by atoms with Crippen LogP contribution in [0.3, 0.4) is 0 Å². The predicted molar refractivity (Wildman–Crippen MR) is 73.7 cm³/mol. The van der Waals surface area contributed by atoms with E-state index in [1.165, 1.54) is 0 Å². The zero-order chi connectivity index (χ0) is 13.7. The lowest BCUT2D eigenvalue weighted by atomic mass is 10.0. The Morgan fingerprint density at radius 3 is 2.37 bits per heavy atom. The van der Waals surface area contributed by atoms with Gasteiger partial charge in [0.05, 0.1) is 0 Å². The second-order valence-corrected chi connectivity index (χ2v) is 5.53. The molecule has 1 atom stereocenters. The molecule has 0 aromatic heterocycles. The molecule has 2 rings (SSSR count). The van der Waals surface area contributed by atoms with Crippen molar-refractivity contribution in [3.63, 3.8) is 0 Å². The van der Waals surface area contributed by atoms with Crippen molar-refractivity contribution in [2.24, 2.45) is 5.92 Å². The summed E-state index contributed by atoms with van der Waals surface area (Å²) < 4.78 is 0. The van der Waals surface area contributed by atoms with E-state index in [1.807, 2.05) is 16.7 Å². The molecule has 0 spiro atoms. The number of carbonyl (C=O) groups is 2. The molecule has 0 bridgehead atoms. The molecule has 1 unspecified atom stereocenters. The van der Waals surface area contributed by atoms with Crippen LogP contribution >= 0.6 is 0 Å². The van der Waals surface area contributed by atoms with Gasteiger partial charge in [0, 0.05) is 39.0 Å². The Morgan fingerprint density at radius 1 is 1.11 bits per heavy atom. The lowest BCUT2D eigenvalue weighted by molar-refractivity contribution is -0.133. The zero-order valence-electron chi connectivity index (χ0n) is 11.9. The molecular formula is C14H25N3O2. The van der Waals surface area contributed by atoms with Crippen molar-refractivity contribution in [2.45, 2.75) is 32.6 Å². The molecule has 19 heavy (non-hydrogen) atoms. The van der Waals surface area contributed by atoms with Crippen molar-refractivity contribution in [3.05, 3.63) is 0 Å². The van der Waals surface area contributed by atoms with Gasteiger partial charge in [-0.2, -0.15) is 0 Å². The van der Waals surface area contributed by atoms with Crippen molar-refractivity contribution in [1.29, 1.82) is 0 Å². The summed E-state index contributed by atoms with van der Waals surface area (Å²) in [4.78, 5) is 27.8. The average molecular weight is 267 g/mol. The summed E-state index contributed by atoms with van der Waals surface area (Å²) in [6.07, 6.45) is 3.23. The van der Waals surface area contributed by atoms with Crippen molar-refractivity contribution >= 4 is 11.8 Å². The molecule has 108 valence electrons. The normalized spacial score (nSPS) is 24.4. The van der Waals surface area contributed by atoms with Gasteiger partial charge in [-0.15, -0.1) is 0 Å². The van der Waals surface area contributed by atoms with Gasteiger partial charge in [0.15, 0.2) is 0 Å². The second kappa shape index (κ2) is 6.89. The number of carbonyl (C=O) groups excluding carboxylic acids is 2. The van der Waals surface area contributed by atoms with E-state index in [9.17, 15) is 9.59 Å². The lowest BCUT2D eigenvalue weighted by Crippen LogP contribution is -2.37. The van der Waals surface area contributed by atoms with Crippen molar-refractivity contribution < 1.29 is 9.59 Å². The van der Waals surface area contributed by atoms with Gasteiger partial charge in [-0.05, 0) is 31.8 Å². The summed E-state index contributed by atoms with van der Waals surface area (Å²) in [6, 6.07) is 0. The molecule has 0 aromatic carbocycles. The molecule has 5 heteroatoms. The SMILES string of the molecule is CCC(=O)N1CCCN(C(=O)CC2CCNC2)CC1. The summed E-state index contributed by atoms with van der Waals surface area (Å²) in [5.41, 5.74) is 0. The van der Waals surface area contributed by atoms with E-state index in [-0.39, 0.29) is 11.8 Å². The van der Waals surface area contributed by atoms with Crippen LogP contribution in [0.15, 0.2) is 0 Å².